The van der Waals surface area contributed by atoms with Crippen molar-refractivity contribution in [3.05, 3.63) is 35.2 Å². The van der Waals surface area contributed by atoms with Crippen LogP contribution in [-0.4, -0.2) is 22.1 Å². The molecule has 0 aliphatic rings. The number of aromatic nitrogens is 2. The molecule has 6 heteroatoms. The fraction of sp³-hybridized carbons (Fsp3) is 0.500. The molecule has 1 heterocycles. The topological polar surface area (TPSA) is 68.0 Å². The van der Waals surface area contributed by atoms with Crippen molar-refractivity contribution in [1.82, 2.24) is 15.5 Å². The fourth-order valence-electron chi connectivity index (χ4n) is 2.41. The van der Waals surface area contributed by atoms with Crippen molar-refractivity contribution in [2.24, 2.45) is 0 Å². The van der Waals surface area contributed by atoms with Crippen LogP contribution in [0.4, 0.5) is 0 Å². The molecule has 1 aromatic heterocycles. The molecule has 0 saturated carbocycles. The zero-order valence-electron chi connectivity index (χ0n) is 14.2. The summed E-state index contributed by atoms with van der Waals surface area (Å²) in [5.41, 5.74) is 0.836. The molecule has 1 N–H and O–H groups in total. The summed E-state index contributed by atoms with van der Waals surface area (Å²) in [7, 11) is 0. The fourth-order valence-corrected chi connectivity index (χ4v) is 2.54. The van der Waals surface area contributed by atoms with Crippen molar-refractivity contribution in [2.45, 2.75) is 58.4 Å². The van der Waals surface area contributed by atoms with Crippen molar-refractivity contribution in [3.8, 4) is 11.4 Å². The van der Waals surface area contributed by atoms with E-state index in [-0.39, 0.29) is 11.9 Å². The summed E-state index contributed by atoms with van der Waals surface area (Å²) in [5, 5.41) is 7.61. The van der Waals surface area contributed by atoms with E-state index in [9.17, 15) is 4.79 Å². The molecule has 0 aliphatic carbocycles. The first-order valence-corrected chi connectivity index (χ1v) is 8.84. The number of benzene rings is 1. The standard InChI is InChI=1S/C18H24ClN3O2/c1-3-4-5-6-13(2)20-16(23)11-12-17-21-18(22-24-17)14-7-9-15(19)10-8-14/h7-10,13H,3-6,11-12H2,1-2H3,(H,20,23). The number of carbonyl (C=O) groups is 1. The SMILES string of the molecule is CCCCCC(C)NC(=O)CCc1nc(-c2ccc(Cl)cc2)no1. The highest BCUT2D eigenvalue weighted by molar-refractivity contribution is 6.30. The first-order chi connectivity index (χ1) is 11.6. The Labute approximate surface area is 147 Å². The Morgan fingerprint density at radius 1 is 1.29 bits per heavy atom. The van der Waals surface area contributed by atoms with Crippen molar-refractivity contribution < 1.29 is 9.32 Å². The van der Waals surface area contributed by atoms with Gasteiger partial charge in [0.2, 0.25) is 17.6 Å². The zero-order chi connectivity index (χ0) is 17.4. The summed E-state index contributed by atoms with van der Waals surface area (Å²) in [6, 6.07) is 7.43. The molecular formula is C18H24ClN3O2. The third-order valence-electron chi connectivity index (χ3n) is 3.78. The minimum Gasteiger partial charge on any atom is -0.354 e. The molecule has 1 aromatic carbocycles. The number of nitrogens with one attached hydrogen (secondary N) is 1. The quantitative estimate of drug-likeness (QED) is 0.681. The van der Waals surface area contributed by atoms with E-state index in [0.717, 1.165) is 18.4 Å². The summed E-state index contributed by atoms with van der Waals surface area (Å²) < 4.78 is 5.21. The first kappa shape index (κ1) is 18.5. The number of carbonyl (C=O) groups excluding carboxylic acids is 1. The second kappa shape index (κ2) is 9.42. The predicted molar refractivity (Wildman–Crippen MR) is 94.8 cm³/mol. The highest BCUT2D eigenvalue weighted by Crippen LogP contribution is 2.19. The Bertz CT molecular complexity index is 640. The number of halogens is 1. The highest BCUT2D eigenvalue weighted by Gasteiger charge is 2.12. The molecule has 1 unspecified atom stereocenters. The lowest BCUT2D eigenvalue weighted by atomic mass is 10.1. The summed E-state index contributed by atoms with van der Waals surface area (Å²) in [5.74, 6) is 0.994. The molecule has 1 atom stereocenters. The molecule has 1 amide bonds. The van der Waals surface area contributed by atoms with Crippen molar-refractivity contribution in [2.75, 3.05) is 0 Å². The van der Waals surface area contributed by atoms with Crippen molar-refractivity contribution in [1.29, 1.82) is 0 Å². The molecule has 130 valence electrons. The summed E-state index contributed by atoms with van der Waals surface area (Å²) in [6.45, 7) is 4.21. The molecular weight excluding hydrogens is 326 g/mol. The van der Waals surface area contributed by atoms with Gasteiger partial charge in [0, 0.05) is 29.5 Å². The third kappa shape index (κ3) is 5.96. The smallest absolute Gasteiger partial charge is 0.227 e. The van der Waals surface area contributed by atoms with E-state index < -0.39 is 0 Å². The maximum atomic E-state index is 12.0. The van der Waals surface area contributed by atoms with Crippen LogP contribution in [0.5, 0.6) is 0 Å². The van der Waals surface area contributed by atoms with Gasteiger partial charge in [-0.2, -0.15) is 4.98 Å². The predicted octanol–water partition coefficient (Wildman–Crippen LogP) is 4.41. The number of amides is 1. The molecule has 2 aromatic rings. The molecule has 0 spiro atoms. The lowest BCUT2D eigenvalue weighted by Crippen LogP contribution is -2.32. The number of hydrogen-bond donors (Lipinski definition) is 1. The van der Waals surface area contributed by atoms with E-state index >= 15 is 0 Å². The minimum atomic E-state index is 0.0187. The maximum absolute atomic E-state index is 12.0. The van der Waals surface area contributed by atoms with Crippen LogP contribution in [0.25, 0.3) is 11.4 Å². The van der Waals surface area contributed by atoms with E-state index in [1.807, 2.05) is 19.1 Å². The monoisotopic (exact) mass is 349 g/mol. The van der Waals surface area contributed by atoms with Gasteiger partial charge in [-0.15, -0.1) is 0 Å². The van der Waals surface area contributed by atoms with Gasteiger partial charge in [-0.3, -0.25) is 4.79 Å². The van der Waals surface area contributed by atoms with Crippen LogP contribution in [-0.2, 0) is 11.2 Å². The maximum Gasteiger partial charge on any atom is 0.227 e. The van der Waals surface area contributed by atoms with E-state index in [4.69, 9.17) is 16.1 Å². The summed E-state index contributed by atoms with van der Waals surface area (Å²) >= 11 is 5.86. The summed E-state index contributed by atoms with van der Waals surface area (Å²) in [4.78, 5) is 16.3. The van der Waals surface area contributed by atoms with Crippen LogP contribution < -0.4 is 5.32 Å². The lowest BCUT2D eigenvalue weighted by Gasteiger charge is -2.12. The Morgan fingerprint density at radius 3 is 2.75 bits per heavy atom. The Balaban J connectivity index is 1.78. The van der Waals surface area contributed by atoms with Crippen LogP contribution >= 0.6 is 11.6 Å². The van der Waals surface area contributed by atoms with Gasteiger partial charge in [0.1, 0.15) is 0 Å². The molecule has 5 nitrogen and oxygen atoms in total. The molecule has 0 aliphatic heterocycles. The van der Waals surface area contributed by atoms with E-state index in [1.165, 1.54) is 12.8 Å². The van der Waals surface area contributed by atoms with Crippen LogP contribution in [0.15, 0.2) is 28.8 Å². The van der Waals surface area contributed by atoms with Crippen LogP contribution in [0.1, 0.15) is 51.8 Å². The highest BCUT2D eigenvalue weighted by atomic mass is 35.5. The molecule has 0 radical (unpaired) electrons. The van der Waals surface area contributed by atoms with Gasteiger partial charge < -0.3 is 9.84 Å². The van der Waals surface area contributed by atoms with Crippen LogP contribution in [0.3, 0.4) is 0 Å². The van der Waals surface area contributed by atoms with E-state index in [1.54, 1.807) is 12.1 Å². The zero-order valence-corrected chi connectivity index (χ0v) is 15.0. The number of rotatable bonds is 9. The van der Waals surface area contributed by atoms with Gasteiger partial charge in [-0.25, -0.2) is 0 Å². The Morgan fingerprint density at radius 2 is 2.04 bits per heavy atom. The normalized spacial score (nSPS) is 12.1. The summed E-state index contributed by atoms with van der Waals surface area (Å²) in [6.07, 6.45) is 5.34. The Kier molecular flexibility index (Phi) is 7.25. The Hall–Kier alpha value is -1.88. The third-order valence-corrected chi connectivity index (χ3v) is 4.04. The van der Waals surface area contributed by atoms with Gasteiger partial charge in [-0.1, -0.05) is 42.9 Å². The van der Waals surface area contributed by atoms with Crippen LogP contribution in [0.2, 0.25) is 5.02 Å². The number of hydrogen-bond acceptors (Lipinski definition) is 4. The van der Waals surface area contributed by atoms with E-state index in [0.29, 0.717) is 29.6 Å². The van der Waals surface area contributed by atoms with Crippen molar-refractivity contribution >= 4 is 17.5 Å². The van der Waals surface area contributed by atoms with E-state index in [2.05, 4.69) is 22.4 Å². The van der Waals surface area contributed by atoms with Crippen LogP contribution in [0, 0.1) is 0 Å². The van der Waals surface area contributed by atoms with Crippen molar-refractivity contribution in [3.63, 3.8) is 0 Å². The second-order valence-electron chi connectivity index (χ2n) is 5.98. The van der Waals surface area contributed by atoms with Gasteiger partial charge in [0.05, 0.1) is 0 Å². The number of unbranched alkanes of at least 4 members (excludes halogenated alkanes) is 2. The molecule has 0 fully saturated rings. The largest absolute Gasteiger partial charge is 0.354 e. The first-order valence-electron chi connectivity index (χ1n) is 8.46. The van der Waals surface area contributed by atoms with Gasteiger partial charge in [0.25, 0.3) is 0 Å². The molecule has 0 saturated heterocycles. The molecule has 24 heavy (non-hydrogen) atoms. The second-order valence-corrected chi connectivity index (χ2v) is 6.42. The van der Waals surface area contributed by atoms with Gasteiger partial charge in [-0.05, 0) is 37.6 Å². The van der Waals surface area contributed by atoms with Gasteiger partial charge >= 0.3 is 0 Å². The average molecular weight is 350 g/mol. The average Bonchev–Trinajstić information content (AvgIpc) is 3.03. The number of nitrogens with zero attached hydrogens (tertiary/aromatic N) is 2. The molecule has 0 bridgehead atoms. The van der Waals surface area contributed by atoms with Gasteiger partial charge in [0.15, 0.2) is 0 Å². The lowest BCUT2D eigenvalue weighted by molar-refractivity contribution is -0.121. The minimum absolute atomic E-state index is 0.0187. The molecule has 2 rings (SSSR count). The number of aryl methyl sites for hydroxylation is 1.